The smallest absolute Gasteiger partial charge is 0.453 e. The van der Waals surface area contributed by atoms with E-state index in [1.54, 1.807) is 30.0 Å². The van der Waals surface area contributed by atoms with Crippen molar-refractivity contribution < 1.29 is 36.9 Å². The lowest BCUT2D eigenvalue weighted by Crippen LogP contribution is -2.36. The predicted molar refractivity (Wildman–Crippen MR) is 148 cm³/mol. The largest absolute Gasteiger partial charge is 0.508 e. The van der Waals surface area contributed by atoms with Crippen molar-refractivity contribution in [2.75, 3.05) is 30.5 Å². The maximum absolute atomic E-state index is 12.9. The zero-order valence-corrected chi connectivity index (χ0v) is 23.7. The number of alkyl halides is 5. The van der Waals surface area contributed by atoms with Gasteiger partial charge in [0.25, 0.3) is 0 Å². The van der Waals surface area contributed by atoms with Crippen LogP contribution in [0.5, 0.6) is 11.5 Å². The molecule has 0 aliphatic carbocycles. The van der Waals surface area contributed by atoms with Crippen LogP contribution in [0.4, 0.5) is 22.0 Å². The van der Waals surface area contributed by atoms with Crippen molar-refractivity contribution in [1.82, 2.24) is 0 Å². The molecule has 2 aromatic carbocycles. The Hall–Kier alpha value is -1.65. The van der Waals surface area contributed by atoms with Gasteiger partial charge in [-0.1, -0.05) is 31.5 Å². The zero-order chi connectivity index (χ0) is 28.5. The van der Waals surface area contributed by atoms with Crippen LogP contribution in [0.25, 0.3) is 0 Å². The van der Waals surface area contributed by atoms with E-state index in [1.807, 2.05) is 24.3 Å². The first kappa shape index (κ1) is 31.9. The van der Waals surface area contributed by atoms with Gasteiger partial charge in [-0.2, -0.15) is 33.7 Å². The highest BCUT2D eigenvalue weighted by Gasteiger charge is 2.56. The Morgan fingerprint density at radius 1 is 0.897 bits per heavy atom. The summed E-state index contributed by atoms with van der Waals surface area (Å²) in [5, 5.41) is 19.7. The number of thioether (sulfide) groups is 2. The average Bonchev–Trinajstić information content (AvgIpc) is 2.87. The normalized spacial score (nSPS) is 19.7. The third-order valence-corrected chi connectivity index (χ3v) is 9.81. The molecule has 218 valence electrons. The van der Waals surface area contributed by atoms with Crippen LogP contribution in [0.15, 0.2) is 47.4 Å². The highest BCUT2D eigenvalue weighted by atomic mass is 32.2. The third-order valence-electron chi connectivity index (χ3n) is 7.25. The summed E-state index contributed by atoms with van der Waals surface area (Å²) >= 11 is 3.15. The molecular formula is C29H37F5O3S2. The zero-order valence-electron chi connectivity index (χ0n) is 22.1. The lowest BCUT2D eigenvalue weighted by Gasteiger charge is -2.43. The first-order valence-electron chi connectivity index (χ1n) is 13.3. The summed E-state index contributed by atoms with van der Waals surface area (Å²) in [6, 6.07) is 13.1. The first-order valence-corrected chi connectivity index (χ1v) is 15.4. The fourth-order valence-electron chi connectivity index (χ4n) is 4.91. The van der Waals surface area contributed by atoms with Crippen molar-refractivity contribution >= 4 is 23.5 Å². The second-order valence-electron chi connectivity index (χ2n) is 10.3. The van der Waals surface area contributed by atoms with Crippen LogP contribution in [0.1, 0.15) is 68.9 Å². The molecule has 39 heavy (non-hydrogen) atoms. The van der Waals surface area contributed by atoms with E-state index in [4.69, 9.17) is 4.74 Å². The topological polar surface area (TPSA) is 49.7 Å². The standard InChI is InChI=1S/C29H37F5O3S2/c1-27(21-8-10-22(35)11-9-21)20-39-26-19-23(36)12-13-24(26)25(27)7-2-3-15-37-16-4-5-17-38-18-6-14-28(30,31)29(32,33)34/h8-13,19,25,35-36H,2-7,14-18,20H2,1H3. The van der Waals surface area contributed by atoms with Crippen molar-refractivity contribution in [2.24, 2.45) is 0 Å². The number of ether oxygens (including phenoxy) is 1. The van der Waals surface area contributed by atoms with E-state index in [-0.39, 0.29) is 35.0 Å². The van der Waals surface area contributed by atoms with Gasteiger partial charge in [0.05, 0.1) is 0 Å². The molecule has 2 atom stereocenters. The number of aromatic hydroxyl groups is 2. The van der Waals surface area contributed by atoms with E-state index in [9.17, 15) is 32.2 Å². The van der Waals surface area contributed by atoms with Crippen LogP contribution in [-0.2, 0) is 10.2 Å². The van der Waals surface area contributed by atoms with Gasteiger partial charge in [-0.15, -0.1) is 11.8 Å². The van der Waals surface area contributed by atoms with Crippen molar-refractivity contribution in [2.45, 2.75) is 80.2 Å². The third kappa shape index (κ3) is 8.92. The molecule has 0 saturated heterocycles. The molecule has 0 saturated carbocycles. The van der Waals surface area contributed by atoms with Crippen LogP contribution < -0.4 is 0 Å². The quantitative estimate of drug-likeness (QED) is 0.160. The molecule has 3 nitrogen and oxygen atoms in total. The second-order valence-corrected chi connectivity index (χ2v) is 12.5. The molecular weight excluding hydrogens is 555 g/mol. The van der Waals surface area contributed by atoms with Gasteiger partial charge >= 0.3 is 12.1 Å². The van der Waals surface area contributed by atoms with Crippen molar-refractivity contribution in [3.05, 3.63) is 53.6 Å². The average molecular weight is 593 g/mol. The molecule has 1 aliphatic heterocycles. The van der Waals surface area contributed by atoms with Gasteiger partial charge in [-0.3, -0.25) is 0 Å². The van der Waals surface area contributed by atoms with Gasteiger partial charge in [-0.25, -0.2) is 0 Å². The summed E-state index contributed by atoms with van der Waals surface area (Å²) in [5.74, 6) is -1.96. The second kappa shape index (κ2) is 14.3. The van der Waals surface area contributed by atoms with Crippen LogP contribution in [-0.4, -0.2) is 52.8 Å². The molecule has 0 bridgehead atoms. The highest BCUT2D eigenvalue weighted by Crippen LogP contribution is 2.52. The molecule has 0 fully saturated rings. The number of benzene rings is 2. The number of halogens is 5. The minimum Gasteiger partial charge on any atom is -0.508 e. The molecule has 2 N–H and O–H groups in total. The lowest BCUT2D eigenvalue weighted by atomic mass is 9.68. The Balaban J connectivity index is 1.36. The summed E-state index contributed by atoms with van der Waals surface area (Å²) in [6.07, 6.45) is -2.30. The fourth-order valence-corrected chi connectivity index (χ4v) is 7.28. The van der Waals surface area contributed by atoms with Crippen LogP contribution >= 0.6 is 23.5 Å². The molecule has 1 heterocycles. The van der Waals surface area contributed by atoms with Crippen LogP contribution in [0.2, 0.25) is 0 Å². The Labute approximate surface area is 235 Å². The van der Waals surface area contributed by atoms with Gasteiger partial charge in [0.1, 0.15) is 11.5 Å². The molecule has 10 heteroatoms. The van der Waals surface area contributed by atoms with Crippen molar-refractivity contribution in [3.63, 3.8) is 0 Å². The summed E-state index contributed by atoms with van der Waals surface area (Å²) < 4.78 is 68.0. The van der Waals surface area contributed by atoms with Gasteiger partial charge in [0.2, 0.25) is 0 Å². The number of rotatable bonds is 15. The van der Waals surface area contributed by atoms with E-state index in [0.29, 0.717) is 19.0 Å². The van der Waals surface area contributed by atoms with Gasteiger partial charge < -0.3 is 14.9 Å². The monoisotopic (exact) mass is 592 g/mol. The Morgan fingerprint density at radius 3 is 2.23 bits per heavy atom. The maximum Gasteiger partial charge on any atom is 0.453 e. The number of hydrogen-bond acceptors (Lipinski definition) is 5. The summed E-state index contributed by atoms with van der Waals surface area (Å²) in [6.45, 7) is 3.50. The molecule has 0 spiro atoms. The van der Waals surface area contributed by atoms with E-state index < -0.39 is 18.5 Å². The molecule has 1 aliphatic rings. The Morgan fingerprint density at radius 2 is 1.54 bits per heavy atom. The molecule has 0 aromatic heterocycles. The van der Waals surface area contributed by atoms with Gasteiger partial charge in [-0.05, 0) is 84.9 Å². The summed E-state index contributed by atoms with van der Waals surface area (Å²) in [7, 11) is 0. The van der Waals surface area contributed by atoms with Crippen LogP contribution in [0.3, 0.4) is 0 Å². The van der Waals surface area contributed by atoms with E-state index in [1.165, 1.54) is 22.9 Å². The number of hydrogen-bond donors (Lipinski definition) is 2. The number of unbranched alkanes of at least 4 members (excludes halogenated alkanes) is 2. The van der Waals surface area contributed by atoms with Crippen molar-refractivity contribution in [1.29, 1.82) is 0 Å². The minimum absolute atomic E-state index is 0.122. The maximum atomic E-state index is 12.9. The summed E-state index contributed by atoms with van der Waals surface area (Å²) in [4.78, 5) is 1.11. The molecule has 0 radical (unpaired) electrons. The minimum atomic E-state index is -5.47. The predicted octanol–water partition coefficient (Wildman–Crippen LogP) is 8.92. The van der Waals surface area contributed by atoms with Gasteiger partial charge in [0.15, 0.2) is 0 Å². The number of fused-ring (bicyclic) bond motifs is 1. The number of phenolic OH excluding ortho intramolecular Hbond substituents is 2. The number of phenols is 2. The molecule has 2 unspecified atom stereocenters. The van der Waals surface area contributed by atoms with E-state index >= 15 is 0 Å². The van der Waals surface area contributed by atoms with E-state index in [2.05, 4.69) is 6.92 Å². The van der Waals surface area contributed by atoms with Crippen LogP contribution in [0, 0.1) is 0 Å². The Bertz CT molecular complexity index is 1030. The summed E-state index contributed by atoms with van der Waals surface area (Å²) in [5.41, 5.74) is 2.30. The van der Waals surface area contributed by atoms with Gasteiger partial charge in [0, 0.05) is 35.7 Å². The fraction of sp³-hybridized carbons (Fsp3) is 0.586. The molecule has 2 aromatic rings. The Kier molecular flexibility index (Phi) is 11.7. The molecule has 0 amide bonds. The SMILES string of the molecule is CC1(c2ccc(O)cc2)CSc2cc(O)ccc2C1CCCCOCCCCSCCCC(F)(F)C(F)(F)F. The molecule has 3 rings (SSSR count). The lowest BCUT2D eigenvalue weighted by molar-refractivity contribution is -0.284. The first-order chi connectivity index (χ1) is 18.4. The highest BCUT2D eigenvalue weighted by molar-refractivity contribution is 7.99. The van der Waals surface area contributed by atoms with E-state index in [0.717, 1.165) is 42.8 Å². The van der Waals surface area contributed by atoms with Crippen molar-refractivity contribution in [3.8, 4) is 11.5 Å².